The Balaban J connectivity index is 1.62. The number of halogens is 2. The van der Waals surface area contributed by atoms with Crippen molar-refractivity contribution in [1.82, 2.24) is 20.6 Å². The number of rotatable bonds is 5. The molecule has 0 spiro atoms. The van der Waals surface area contributed by atoms with E-state index in [2.05, 4.69) is 15.6 Å². The van der Waals surface area contributed by atoms with Gasteiger partial charge in [0.15, 0.2) is 0 Å². The van der Waals surface area contributed by atoms with E-state index in [1.54, 1.807) is 35.6 Å². The summed E-state index contributed by atoms with van der Waals surface area (Å²) < 4.78 is 5.16. The van der Waals surface area contributed by atoms with Crippen LogP contribution in [0.2, 0.25) is 5.02 Å². The van der Waals surface area contributed by atoms with Crippen molar-refractivity contribution in [2.45, 2.75) is 19.1 Å². The number of aliphatic hydroxyl groups is 1. The van der Waals surface area contributed by atoms with E-state index >= 15 is 0 Å². The van der Waals surface area contributed by atoms with E-state index in [4.69, 9.17) is 27.7 Å². The molecule has 0 saturated carbocycles. The van der Waals surface area contributed by atoms with Crippen LogP contribution in [0.15, 0.2) is 52.3 Å². The Kier molecular flexibility index (Phi) is 4.85. The summed E-state index contributed by atoms with van der Waals surface area (Å²) in [5.74, 6) is 0.622. The summed E-state index contributed by atoms with van der Waals surface area (Å²) in [7, 11) is 0. The fourth-order valence-electron chi connectivity index (χ4n) is 2.08. The maximum absolute atomic E-state index is 10.2. The summed E-state index contributed by atoms with van der Waals surface area (Å²) in [5.41, 5.74) is 3.91. The molecule has 1 atom stereocenters. The molecule has 3 rings (SSSR count). The Labute approximate surface area is 143 Å². The number of nitrogens with zero attached hydrogens (tertiary/aromatic N) is 3. The number of hydrogen-bond donors (Lipinski definition) is 2. The lowest BCUT2D eigenvalue weighted by Crippen LogP contribution is -2.30. The van der Waals surface area contributed by atoms with Gasteiger partial charge in [-0.25, -0.2) is 0 Å². The molecule has 8 heteroatoms. The molecule has 120 valence electrons. The second-order valence-corrected chi connectivity index (χ2v) is 5.87. The fourth-order valence-corrected chi connectivity index (χ4v) is 2.39. The van der Waals surface area contributed by atoms with Crippen LogP contribution in [0.4, 0.5) is 0 Å². The van der Waals surface area contributed by atoms with Gasteiger partial charge in [0, 0.05) is 23.8 Å². The summed E-state index contributed by atoms with van der Waals surface area (Å²) in [6, 6.07) is 7.25. The molecule has 2 aromatic rings. The normalized spacial score (nSPS) is 15.3. The van der Waals surface area contributed by atoms with E-state index in [1.807, 2.05) is 12.1 Å². The number of aromatic nitrogens is 2. The highest BCUT2D eigenvalue weighted by Crippen LogP contribution is 2.18. The lowest BCUT2D eigenvalue weighted by Gasteiger charge is -2.20. The van der Waals surface area contributed by atoms with Gasteiger partial charge in [-0.3, -0.25) is 5.01 Å². The molecule has 23 heavy (non-hydrogen) atoms. The van der Waals surface area contributed by atoms with Crippen molar-refractivity contribution in [3.05, 3.63) is 70.1 Å². The number of aliphatic hydroxyl groups excluding tert-OH is 1. The number of nitrogens with one attached hydrogen (secondary N) is 1. The molecule has 0 fully saturated rings. The van der Waals surface area contributed by atoms with E-state index in [9.17, 15) is 5.11 Å². The Morgan fingerprint density at radius 1 is 1.26 bits per heavy atom. The first-order chi connectivity index (χ1) is 11.1. The highest BCUT2D eigenvalue weighted by atomic mass is 35.5. The molecule has 1 aliphatic rings. The minimum Gasteiger partial charge on any atom is -0.385 e. The summed E-state index contributed by atoms with van der Waals surface area (Å²) in [6.07, 6.45) is 4.67. The van der Waals surface area contributed by atoms with Crippen LogP contribution in [-0.4, -0.2) is 20.3 Å². The van der Waals surface area contributed by atoms with E-state index < -0.39 is 6.10 Å². The maximum Gasteiger partial charge on any atom is 0.248 e. The Bertz CT molecular complexity index is 727. The van der Waals surface area contributed by atoms with E-state index in [0.29, 0.717) is 28.9 Å². The van der Waals surface area contributed by atoms with E-state index in [-0.39, 0.29) is 5.82 Å². The van der Waals surface area contributed by atoms with Crippen LogP contribution in [0.25, 0.3) is 0 Å². The van der Waals surface area contributed by atoms with Gasteiger partial charge in [-0.1, -0.05) is 40.5 Å². The van der Waals surface area contributed by atoms with Gasteiger partial charge in [0.25, 0.3) is 0 Å². The van der Waals surface area contributed by atoms with Crippen LogP contribution < -0.4 is 5.43 Å². The van der Waals surface area contributed by atoms with Crippen molar-refractivity contribution in [2.24, 2.45) is 0 Å². The van der Waals surface area contributed by atoms with Crippen molar-refractivity contribution < 1.29 is 9.63 Å². The van der Waals surface area contributed by atoms with Gasteiger partial charge in [0.05, 0.1) is 5.03 Å². The van der Waals surface area contributed by atoms with Crippen molar-refractivity contribution in [1.29, 1.82) is 0 Å². The molecule has 2 N–H and O–H groups in total. The van der Waals surface area contributed by atoms with Crippen LogP contribution in [0, 0.1) is 0 Å². The Morgan fingerprint density at radius 2 is 2.04 bits per heavy atom. The van der Waals surface area contributed by atoms with Gasteiger partial charge in [0.1, 0.15) is 12.6 Å². The molecular weight excluding hydrogens is 339 g/mol. The summed E-state index contributed by atoms with van der Waals surface area (Å²) >= 11 is 11.8. The van der Waals surface area contributed by atoms with Crippen molar-refractivity contribution in [3.63, 3.8) is 0 Å². The zero-order valence-corrected chi connectivity index (χ0v) is 13.5. The lowest BCUT2D eigenvalue weighted by molar-refractivity contribution is 0.164. The monoisotopic (exact) mass is 352 g/mol. The smallest absolute Gasteiger partial charge is 0.248 e. The first-order valence-corrected chi connectivity index (χ1v) is 7.67. The minimum absolute atomic E-state index is 0.248. The molecule has 0 radical (unpaired) electrons. The number of hydrazine groups is 1. The zero-order chi connectivity index (χ0) is 16.2. The van der Waals surface area contributed by atoms with Crippen LogP contribution in [0.3, 0.4) is 0 Å². The van der Waals surface area contributed by atoms with Gasteiger partial charge in [0.2, 0.25) is 11.7 Å². The summed E-state index contributed by atoms with van der Waals surface area (Å²) in [5, 5.41) is 17.0. The highest BCUT2D eigenvalue weighted by Gasteiger charge is 2.17. The SMILES string of the molecule is OC(Cc1ccc(Cl)cc1)c1noc(CN2C=C(Cl)C=CN2)n1. The summed E-state index contributed by atoms with van der Waals surface area (Å²) in [6.45, 7) is 0.335. The Hall–Kier alpha value is -2.02. The van der Waals surface area contributed by atoms with Crippen molar-refractivity contribution >= 4 is 23.2 Å². The molecule has 1 aromatic carbocycles. The Morgan fingerprint density at radius 3 is 2.78 bits per heavy atom. The average molecular weight is 353 g/mol. The first kappa shape index (κ1) is 15.9. The molecular formula is C15H14Cl2N4O2. The van der Waals surface area contributed by atoms with Gasteiger partial charge in [-0.15, -0.1) is 0 Å². The van der Waals surface area contributed by atoms with Crippen molar-refractivity contribution in [2.75, 3.05) is 0 Å². The van der Waals surface area contributed by atoms with E-state index in [1.165, 1.54) is 0 Å². The maximum atomic E-state index is 10.2. The largest absolute Gasteiger partial charge is 0.385 e. The van der Waals surface area contributed by atoms with Gasteiger partial charge >= 0.3 is 0 Å². The summed E-state index contributed by atoms with van der Waals surface area (Å²) in [4.78, 5) is 4.21. The third-order valence-corrected chi connectivity index (χ3v) is 3.67. The molecule has 0 amide bonds. The molecule has 1 aliphatic heterocycles. The number of allylic oxidation sites excluding steroid dienone is 2. The highest BCUT2D eigenvalue weighted by molar-refractivity contribution is 6.31. The average Bonchev–Trinajstić information content (AvgIpc) is 2.98. The van der Waals surface area contributed by atoms with Gasteiger partial charge in [-0.2, -0.15) is 4.98 Å². The molecule has 0 bridgehead atoms. The molecule has 1 aromatic heterocycles. The lowest BCUT2D eigenvalue weighted by atomic mass is 10.1. The quantitative estimate of drug-likeness (QED) is 0.861. The molecule has 0 saturated heterocycles. The first-order valence-electron chi connectivity index (χ1n) is 6.92. The second-order valence-electron chi connectivity index (χ2n) is 5.00. The van der Waals surface area contributed by atoms with Gasteiger partial charge in [-0.05, 0) is 23.8 Å². The molecule has 6 nitrogen and oxygen atoms in total. The molecule has 1 unspecified atom stereocenters. The van der Waals surface area contributed by atoms with Crippen LogP contribution in [-0.2, 0) is 13.0 Å². The van der Waals surface area contributed by atoms with Crippen LogP contribution in [0.1, 0.15) is 23.4 Å². The number of benzene rings is 1. The van der Waals surface area contributed by atoms with Crippen LogP contribution in [0.5, 0.6) is 0 Å². The van der Waals surface area contributed by atoms with Crippen LogP contribution >= 0.6 is 23.2 Å². The number of hydrogen-bond acceptors (Lipinski definition) is 6. The topological polar surface area (TPSA) is 74.4 Å². The minimum atomic E-state index is -0.845. The second kappa shape index (κ2) is 7.04. The third kappa shape index (κ3) is 4.25. The predicted molar refractivity (Wildman–Crippen MR) is 86.2 cm³/mol. The van der Waals surface area contributed by atoms with Crippen molar-refractivity contribution in [3.8, 4) is 0 Å². The van der Waals surface area contributed by atoms with Gasteiger partial charge < -0.3 is 15.1 Å². The van der Waals surface area contributed by atoms with E-state index in [0.717, 1.165) is 5.56 Å². The standard InChI is InChI=1S/C15H14Cl2N4O2/c16-11-3-1-10(2-4-11)7-13(22)15-19-14(23-20-15)9-21-8-12(17)5-6-18-21/h1-6,8,13,18,22H,7,9H2. The fraction of sp³-hybridized carbons (Fsp3) is 0.200. The molecule has 2 heterocycles. The predicted octanol–water partition coefficient (Wildman–Crippen LogP) is 2.91. The zero-order valence-electron chi connectivity index (χ0n) is 12.0. The molecule has 0 aliphatic carbocycles. The third-order valence-electron chi connectivity index (χ3n) is 3.19.